The van der Waals surface area contributed by atoms with Crippen LogP contribution in [0.4, 0.5) is 0 Å². The van der Waals surface area contributed by atoms with E-state index in [0.29, 0.717) is 10.9 Å². The second-order valence-electron chi connectivity index (χ2n) is 4.41. The average molecular weight is 252 g/mol. The molecular formula is C14H12N4O. The number of nitrogens with zero attached hydrogens (tertiary/aromatic N) is 3. The molecule has 1 aromatic carbocycles. The number of nitrogens with one attached hydrogen (secondary N) is 1. The molecule has 0 radical (unpaired) electrons. The van der Waals surface area contributed by atoms with Crippen molar-refractivity contribution in [3.05, 3.63) is 52.5 Å². The van der Waals surface area contributed by atoms with Crippen molar-refractivity contribution in [2.24, 2.45) is 0 Å². The minimum atomic E-state index is -0.133. The van der Waals surface area contributed by atoms with Crippen LogP contribution < -0.4 is 5.56 Å². The molecule has 2 heterocycles. The summed E-state index contributed by atoms with van der Waals surface area (Å²) in [6.45, 7) is 3.79. The third-order valence-electron chi connectivity index (χ3n) is 2.90. The molecule has 94 valence electrons. The number of aryl methyl sites for hydroxylation is 2. The summed E-state index contributed by atoms with van der Waals surface area (Å²) < 4.78 is 0. The van der Waals surface area contributed by atoms with Gasteiger partial charge < -0.3 is 4.98 Å². The van der Waals surface area contributed by atoms with E-state index in [1.54, 1.807) is 6.07 Å². The number of aromatic nitrogens is 4. The van der Waals surface area contributed by atoms with E-state index in [1.165, 1.54) is 6.33 Å². The first-order chi connectivity index (χ1) is 9.13. The minimum Gasteiger partial charge on any atom is -0.313 e. The van der Waals surface area contributed by atoms with Crippen LogP contribution in [0, 0.1) is 13.8 Å². The smallest absolute Gasteiger partial charge is 0.258 e. The van der Waals surface area contributed by atoms with Crippen molar-refractivity contribution in [1.82, 2.24) is 19.9 Å². The highest BCUT2D eigenvalue weighted by molar-refractivity contribution is 5.82. The van der Waals surface area contributed by atoms with Crippen molar-refractivity contribution >= 4 is 10.9 Å². The zero-order chi connectivity index (χ0) is 13.4. The van der Waals surface area contributed by atoms with E-state index in [2.05, 4.69) is 19.9 Å². The molecule has 19 heavy (non-hydrogen) atoms. The normalized spacial score (nSPS) is 10.8. The van der Waals surface area contributed by atoms with Gasteiger partial charge in [-0.15, -0.1) is 0 Å². The molecule has 0 saturated heterocycles. The van der Waals surface area contributed by atoms with Crippen LogP contribution in [0.3, 0.4) is 0 Å². The van der Waals surface area contributed by atoms with Crippen LogP contribution in [0.2, 0.25) is 0 Å². The van der Waals surface area contributed by atoms with Crippen molar-refractivity contribution in [2.45, 2.75) is 13.8 Å². The first kappa shape index (κ1) is 11.5. The Kier molecular flexibility index (Phi) is 2.59. The quantitative estimate of drug-likeness (QED) is 0.719. The number of rotatable bonds is 1. The van der Waals surface area contributed by atoms with Gasteiger partial charge in [0.25, 0.3) is 5.56 Å². The minimum absolute atomic E-state index is 0.133. The molecule has 0 bridgehead atoms. The Morgan fingerprint density at radius 3 is 2.74 bits per heavy atom. The first-order valence-electron chi connectivity index (χ1n) is 5.93. The topological polar surface area (TPSA) is 71.5 Å². The van der Waals surface area contributed by atoms with Gasteiger partial charge in [-0.3, -0.25) is 4.79 Å². The van der Waals surface area contributed by atoms with Crippen LogP contribution in [0.25, 0.3) is 22.2 Å². The highest BCUT2D eigenvalue weighted by Crippen LogP contribution is 2.20. The lowest BCUT2D eigenvalue weighted by molar-refractivity contribution is 1.02. The predicted molar refractivity (Wildman–Crippen MR) is 72.9 cm³/mol. The van der Waals surface area contributed by atoms with Gasteiger partial charge in [-0.2, -0.15) is 0 Å². The Balaban J connectivity index is 2.23. The molecule has 0 amide bonds. The summed E-state index contributed by atoms with van der Waals surface area (Å²) in [7, 11) is 0. The lowest BCUT2D eigenvalue weighted by Gasteiger charge is -2.04. The summed E-state index contributed by atoms with van der Waals surface area (Å²) in [4.78, 5) is 27.0. The summed E-state index contributed by atoms with van der Waals surface area (Å²) >= 11 is 0. The van der Waals surface area contributed by atoms with Gasteiger partial charge in [0.05, 0.1) is 22.9 Å². The Morgan fingerprint density at radius 1 is 1.11 bits per heavy atom. The molecule has 0 fully saturated rings. The van der Waals surface area contributed by atoms with Crippen LogP contribution in [-0.4, -0.2) is 19.9 Å². The third kappa shape index (κ3) is 2.10. The van der Waals surface area contributed by atoms with E-state index in [1.807, 2.05) is 32.0 Å². The third-order valence-corrected chi connectivity index (χ3v) is 2.90. The van der Waals surface area contributed by atoms with E-state index in [-0.39, 0.29) is 5.56 Å². The Labute approximate surface area is 109 Å². The van der Waals surface area contributed by atoms with Gasteiger partial charge in [-0.05, 0) is 32.0 Å². The standard InChI is InChI=1S/C14H12N4O/c1-8-5-12(18-9(2)17-8)10-3-4-11-13(6-10)15-7-16-14(11)19/h3-7H,1-2H3,(H,15,16,19). The fraction of sp³-hybridized carbons (Fsp3) is 0.143. The Bertz CT molecular complexity index is 803. The molecule has 5 heteroatoms. The van der Waals surface area contributed by atoms with Gasteiger partial charge in [-0.1, -0.05) is 6.07 Å². The van der Waals surface area contributed by atoms with Gasteiger partial charge >= 0.3 is 0 Å². The fourth-order valence-electron chi connectivity index (χ4n) is 2.09. The lowest BCUT2D eigenvalue weighted by atomic mass is 10.1. The molecule has 0 unspecified atom stereocenters. The molecule has 0 aliphatic rings. The molecule has 0 aliphatic carbocycles. The Morgan fingerprint density at radius 2 is 1.95 bits per heavy atom. The highest BCUT2D eigenvalue weighted by atomic mass is 16.1. The first-order valence-corrected chi connectivity index (χ1v) is 5.93. The summed E-state index contributed by atoms with van der Waals surface area (Å²) in [5, 5.41) is 0.578. The average Bonchev–Trinajstić information content (AvgIpc) is 2.37. The maximum Gasteiger partial charge on any atom is 0.258 e. The number of aromatic amines is 1. The van der Waals surface area contributed by atoms with Gasteiger partial charge in [0.2, 0.25) is 0 Å². The number of fused-ring (bicyclic) bond motifs is 1. The summed E-state index contributed by atoms with van der Waals surface area (Å²) in [6.07, 6.45) is 1.41. The molecule has 0 aliphatic heterocycles. The monoisotopic (exact) mass is 252 g/mol. The molecule has 0 spiro atoms. The zero-order valence-corrected chi connectivity index (χ0v) is 10.6. The SMILES string of the molecule is Cc1cc(-c2ccc3c(=O)[nH]cnc3c2)nc(C)n1. The number of hydrogen-bond donors (Lipinski definition) is 1. The van der Waals surface area contributed by atoms with Crippen molar-refractivity contribution in [2.75, 3.05) is 0 Å². The maximum atomic E-state index is 11.6. The molecule has 5 nitrogen and oxygen atoms in total. The summed E-state index contributed by atoms with van der Waals surface area (Å²) in [6, 6.07) is 7.43. The van der Waals surface area contributed by atoms with Gasteiger partial charge in [0, 0.05) is 11.3 Å². The largest absolute Gasteiger partial charge is 0.313 e. The molecule has 0 atom stereocenters. The molecule has 3 rings (SSSR count). The number of benzene rings is 1. The predicted octanol–water partition coefficient (Wildman–Crippen LogP) is 2.00. The van der Waals surface area contributed by atoms with E-state index in [9.17, 15) is 4.79 Å². The maximum absolute atomic E-state index is 11.6. The summed E-state index contributed by atoms with van der Waals surface area (Å²) in [5.74, 6) is 0.731. The van der Waals surface area contributed by atoms with E-state index in [4.69, 9.17) is 0 Å². The van der Waals surface area contributed by atoms with Crippen LogP contribution >= 0.6 is 0 Å². The van der Waals surface area contributed by atoms with Gasteiger partial charge in [0.1, 0.15) is 5.82 Å². The van der Waals surface area contributed by atoms with Crippen LogP contribution in [0.15, 0.2) is 35.4 Å². The van der Waals surface area contributed by atoms with E-state index >= 15 is 0 Å². The van der Waals surface area contributed by atoms with E-state index in [0.717, 1.165) is 22.8 Å². The number of hydrogen-bond acceptors (Lipinski definition) is 4. The second-order valence-corrected chi connectivity index (χ2v) is 4.41. The van der Waals surface area contributed by atoms with Crippen molar-refractivity contribution < 1.29 is 0 Å². The van der Waals surface area contributed by atoms with Crippen LogP contribution in [-0.2, 0) is 0 Å². The van der Waals surface area contributed by atoms with Crippen LogP contribution in [0.5, 0.6) is 0 Å². The number of H-pyrrole nitrogens is 1. The van der Waals surface area contributed by atoms with Gasteiger partial charge in [-0.25, -0.2) is 15.0 Å². The highest BCUT2D eigenvalue weighted by Gasteiger charge is 2.05. The fourth-order valence-corrected chi connectivity index (χ4v) is 2.09. The molecule has 0 saturated carbocycles. The van der Waals surface area contributed by atoms with Crippen molar-refractivity contribution in [1.29, 1.82) is 0 Å². The Hall–Kier alpha value is -2.56. The molecule has 3 aromatic rings. The van der Waals surface area contributed by atoms with Crippen LogP contribution in [0.1, 0.15) is 11.5 Å². The van der Waals surface area contributed by atoms with E-state index < -0.39 is 0 Å². The second kappa shape index (κ2) is 4.28. The van der Waals surface area contributed by atoms with Crippen molar-refractivity contribution in [3.63, 3.8) is 0 Å². The molecular weight excluding hydrogens is 240 g/mol. The van der Waals surface area contributed by atoms with Gasteiger partial charge in [0.15, 0.2) is 0 Å². The zero-order valence-electron chi connectivity index (χ0n) is 10.6. The summed E-state index contributed by atoms with van der Waals surface area (Å²) in [5.41, 5.74) is 3.22. The molecule has 2 aromatic heterocycles. The lowest BCUT2D eigenvalue weighted by Crippen LogP contribution is -2.06. The van der Waals surface area contributed by atoms with Crippen molar-refractivity contribution in [3.8, 4) is 11.3 Å². The molecule has 1 N–H and O–H groups in total.